The lowest BCUT2D eigenvalue weighted by Gasteiger charge is -2.23. The number of hydrogen-bond acceptors (Lipinski definition) is 6. The highest BCUT2D eigenvalue weighted by Crippen LogP contribution is 2.36. The Labute approximate surface area is 201 Å². The van der Waals surface area contributed by atoms with Gasteiger partial charge in [0.15, 0.2) is 15.6 Å². The molecular weight excluding hydrogens is 484 g/mol. The summed E-state index contributed by atoms with van der Waals surface area (Å²) in [6.07, 6.45) is 0.0902. The van der Waals surface area contributed by atoms with Crippen molar-refractivity contribution in [3.63, 3.8) is 0 Å². The van der Waals surface area contributed by atoms with Crippen LogP contribution in [0.15, 0.2) is 36.4 Å². The minimum atomic E-state index is -3.47. The number of amides is 1. The molecule has 1 amide bonds. The fourth-order valence-corrected chi connectivity index (χ4v) is 7.72. The first kappa shape index (κ1) is 22.9. The molecule has 7 nitrogen and oxygen atoms in total. The van der Waals surface area contributed by atoms with Crippen molar-refractivity contribution >= 4 is 48.9 Å². The summed E-state index contributed by atoms with van der Waals surface area (Å²) in [7, 11) is -3.47. The summed E-state index contributed by atoms with van der Waals surface area (Å²) in [5.74, 6) is -1.54. The second-order valence-electron chi connectivity index (χ2n) is 9.13. The number of aromatic nitrogens is 1. The Morgan fingerprint density at radius 1 is 1.27 bits per heavy atom. The molecule has 0 saturated carbocycles. The summed E-state index contributed by atoms with van der Waals surface area (Å²) in [6.45, 7) is 3.80. The largest absolute Gasteiger partial charge is 0.348 e. The van der Waals surface area contributed by atoms with Gasteiger partial charge in [-0.05, 0) is 43.5 Å². The number of H-pyrrole nitrogens is 1. The molecule has 1 aromatic carbocycles. The third-order valence-electron chi connectivity index (χ3n) is 6.16. The number of aromatic amines is 1. The second-order valence-corrected chi connectivity index (χ2v) is 13.0. The van der Waals surface area contributed by atoms with Crippen LogP contribution in [0.25, 0.3) is 10.2 Å². The number of sulfone groups is 1. The number of rotatable bonds is 6. The van der Waals surface area contributed by atoms with E-state index in [-0.39, 0.29) is 36.0 Å². The van der Waals surface area contributed by atoms with Gasteiger partial charge in [-0.15, -0.1) is 11.3 Å². The highest BCUT2D eigenvalue weighted by molar-refractivity contribution is 7.91. The van der Waals surface area contributed by atoms with Gasteiger partial charge in [0.25, 0.3) is 5.91 Å². The first-order chi connectivity index (χ1) is 15.6. The van der Waals surface area contributed by atoms with E-state index in [9.17, 15) is 13.2 Å². The lowest BCUT2D eigenvalue weighted by atomic mass is 10.0. The van der Waals surface area contributed by atoms with Gasteiger partial charge in [-0.25, -0.2) is 8.42 Å². The van der Waals surface area contributed by atoms with Crippen molar-refractivity contribution in [1.29, 1.82) is 0 Å². The van der Waals surface area contributed by atoms with E-state index in [1.165, 1.54) is 11.3 Å². The Morgan fingerprint density at radius 2 is 2.06 bits per heavy atom. The molecule has 0 spiro atoms. The van der Waals surface area contributed by atoms with Gasteiger partial charge < -0.3 is 19.8 Å². The molecule has 1 unspecified atom stereocenters. The van der Waals surface area contributed by atoms with Gasteiger partial charge in [0.2, 0.25) is 0 Å². The lowest BCUT2D eigenvalue weighted by molar-refractivity contribution is -0.135. The van der Waals surface area contributed by atoms with E-state index in [0.29, 0.717) is 16.5 Å². The number of fused-ring (bicyclic) bond motifs is 2. The highest BCUT2D eigenvalue weighted by Gasteiger charge is 2.40. The first-order valence-corrected chi connectivity index (χ1v) is 13.8. The predicted molar refractivity (Wildman–Crippen MR) is 129 cm³/mol. The monoisotopic (exact) mass is 508 g/mol. The molecule has 2 N–H and O–H groups in total. The molecule has 3 heterocycles. The first-order valence-electron chi connectivity index (χ1n) is 10.8. The maximum absolute atomic E-state index is 13.1. The highest BCUT2D eigenvalue weighted by atomic mass is 35.5. The zero-order valence-corrected chi connectivity index (χ0v) is 20.6. The van der Waals surface area contributed by atoms with Crippen molar-refractivity contribution in [3.8, 4) is 0 Å². The minimum absolute atomic E-state index is 0.0648. The molecule has 33 heavy (non-hydrogen) atoms. The van der Waals surface area contributed by atoms with Crippen molar-refractivity contribution in [1.82, 2.24) is 10.3 Å². The predicted octanol–water partition coefficient (Wildman–Crippen LogP) is 3.89. The van der Waals surface area contributed by atoms with Gasteiger partial charge in [0.1, 0.15) is 10.5 Å². The number of benzene rings is 1. The zero-order chi connectivity index (χ0) is 23.4. The van der Waals surface area contributed by atoms with E-state index >= 15 is 0 Å². The Kier molecular flexibility index (Phi) is 5.81. The summed E-state index contributed by atoms with van der Waals surface area (Å²) in [5.41, 5.74) is 2.46. The molecule has 5 rings (SSSR count). The molecule has 10 heteroatoms. The van der Waals surface area contributed by atoms with E-state index in [0.717, 1.165) is 21.3 Å². The number of ether oxygens (including phenoxy) is 2. The molecule has 1 aliphatic carbocycles. The summed E-state index contributed by atoms with van der Waals surface area (Å²) in [5, 5.41) is 3.95. The van der Waals surface area contributed by atoms with Crippen LogP contribution in [-0.2, 0) is 25.7 Å². The fraction of sp³-hybridized carbons (Fsp3) is 0.435. The molecule has 0 bridgehead atoms. The fourth-order valence-electron chi connectivity index (χ4n) is 4.77. The number of nitrogens with one attached hydrogen (secondary N) is 2. The van der Waals surface area contributed by atoms with E-state index in [2.05, 4.69) is 10.3 Å². The standard InChI is InChI=1S/C23H25ClN2O5S2/c1-23(2)30-10-15(31-23)11-33(28,29)12-17-16-6-4-3-5-13(16)7-18(17)25-21(27)19-8-14-9-20(24)32-22(14)26-19/h3-6,8-9,15,17-18,26H,7,10-12H2,1-2H3,(H,25,27)/t15?,17-,18-/m1/s1. The van der Waals surface area contributed by atoms with Gasteiger partial charge in [0, 0.05) is 17.3 Å². The maximum Gasteiger partial charge on any atom is 0.268 e. The van der Waals surface area contributed by atoms with E-state index in [1.807, 2.05) is 30.3 Å². The van der Waals surface area contributed by atoms with Crippen LogP contribution < -0.4 is 5.32 Å². The SMILES string of the molecule is CC1(C)OCC(CS(=O)(=O)C[C@@H]2c3ccccc3C[C@H]2NC(=O)c2cc3cc(Cl)sc3[nH]2)O1. The van der Waals surface area contributed by atoms with Crippen LogP contribution in [0.3, 0.4) is 0 Å². The Balaban J connectivity index is 1.34. The van der Waals surface area contributed by atoms with Crippen LogP contribution in [0, 0.1) is 0 Å². The van der Waals surface area contributed by atoms with Crippen LogP contribution in [0.2, 0.25) is 4.34 Å². The topological polar surface area (TPSA) is 97.5 Å². The molecule has 2 aliphatic rings. The van der Waals surface area contributed by atoms with Crippen LogP contribution >= 0.6 is 22.9 Å². The van der Waals surface area contributed by atoms with E-state index in [1.54, 1.807) is 19.9 Å². The van der Waals surface area contributed by atoms with Crippen molar-refractivity contribution < 1.29 is 22.7 Å². The van der Waals surface area contributed by atoms with E-state index < -0.39 is 21.7 Å². The average molecular weight is 509 g/mol. The third kappa shape index (κ3) is 4.83. The van der Waals surface area contributed by atoms with Crippen LogP contribution in [-0.4, -0.2) is 55.4 Å². The third-order valence-corrected chi connectivity index (χ3v) is 9.10. The minimum Gasteiger partial charge on any atom is -0.348 e. The molecular formula is C23H25ClN2O5S2. The normalized spacial score (nSPS) is 24.3. The zero-order valence-electron chi connectivity index (χ0n) is 18.3. The molecule has 1 saturated heterocycles. The molecule has 3 atom stereocenters. The van der Waals surface area contributed by atoms with Crippen LogP contribution in [0.5, 0.6) is 0 Å². The Hall–Kier alpha value is -1.91. The van der Waals surface area contributed by atoms with Gasteiger partial charge in [-0.1, -0.05) is 35.9 Å². The Morgan fingerprint density at radius 3 is 2.79 bits per heavy atom. The van der Waals surface area contributed by atoms with Crippen molar-refractivity contribution in [2.75, 3.05) is 18.1 Å². The molecule has 0 radical (unpaired) electrons. The van der Waals surface area contributed by atoms with Crippen molar-refractivity contribution in [3.05, 3.63) is 57.6 Å². The van der Waals surface area contributed by atoms with E-state index in [4.69, 9.17) is 21.1 Å². The molecule has 176 valence electrons. The molecule has 2 aromatic heterocycles. The number of carbonyl (C=O) groups is 1. The smallest absolute Gasteiger partial charge is 0.268 e. The van der Waals surface area contributed by atoms with Crippen LogP contribution in [0.1, 0.15) is 41.4 Å². The number of thiophene rings is 1. The van der Waals surface area contributed by atoms with Gasteiger partial charge >= 0.3 is 0 Å². The van der Waals surface area contributed by atoms with Crippen molar-refractivity contribution in [2.45, 2.75) is 44.1 Å². The van der Waals surface area contributed by atoms with Crippen LogP contribution in [0.4, 0.5) is 0 Å². The Bertz CT molecular complexity index is 1280. The quantitative estimate of drug-likeness (QED) is 0.526. The number of carbonyl (C=O) groups excluding carboxylic acids is 1. The summed E-state index contributed by atoms with van der Waals surface area (Å²) < 4.78 is 38.1. The second kappa shape index (κ2) is 8.39. The summed E-state index contributed by atoms with van der Waals surface area (Å²) in [4.78, 5) is 16.9. The molecule has 1 aliphatic heterocycles. The molecule has 3 aromatic rings. The van der Waals surface area contributed by atoms with Crippen molar-refractivity contribution in [2.24, 2.45) is 0 Å². The van der Waals surface area contributed by atoms with Gasteiger partial charge in [-0.2, -0.15) is 0 Å². The summed E-state index contributed by atoms with van der Waals surface area (Å²) in [6, 6.07) is 11.0. The van der Waals surface area contributed by atoms with Gasteiger partial charge in [-0.3, -0.25) is 4.79 Å². The summed E-state index contributed by atoms with van der Waals surface area (Å²) >= 11 is 7.40. The van der Waals surface area contributed by atoms with Gasteiger partial charge in [0.05, 0.1) is 28.6 Å². The lowest BCUT2D eigenvalue weighted by Crippen LogP contribution is -2.41. The number of halogens is 1. The number of hydrogen-bond donors (Lipinski definition) is 2. The average Bonchev–Trinajstić information content (AvgIpc) is 3.44. The maximum atomic E-state index is 13.1. The molecule has 1 fully saturated rings.